The molecule has 0 unspecified atom stereocenters. The second-order valence-electron chi connectivity index (χ2n) is 16.9. The van der Waals surface area contributed by atoms with Gasteiger partial charge in [0.05, 0.1) is 45.0 Å². The van der Waals surface area contributed by atoms with Crippen molar-refractivity contribution in [3.63, 3.8) is 0 Å². The Morgan fingerprint density at radius 3 is 1.12 bits per heavy atom. The molecule has 11 heteroatoms. The van der Waals surface area contributed by atoms with Crippen LogP contribution in [0.15, 0.2) is 122 Å². The van der Waals surface area contributed by atoms with Gasteiger partial charge in [-0.2, -0.15) is 18.3 Å². The van der Waals surface area contributed by atoms with Gasteiger partial charge >= 0.3 is 17.1 Å². The van der Waals surface area contributed by atoms with E-state index >= 15 is 0 Å². The maximum atomic E-state index is 10.3. The fourth-order valence-corrected chi connectivity index (χ4v) is 9.01. The largest absolute Gasteiger partial charge is 2.00 e. The molecule has 2 aliphatic rings. The minimum Gasteiger partial charge on any atom is -0.656 e. The molecule has 10 nitrogen and oxygen atoms in total. The summed E-state index contributed by atoms with van der Waals surface area (Å²) in [6.07, 6.45) is 23.3. The van der Waals surface area contributed by atoms with E-state index in [-0.39, 0.29) is 23.7 Å². The van der Waals surface area contributed by atoms with Crippen molar-refractivity contribution in [1.82, 2.24) is 19.9 Å². The molecule has 9 heterocycles. The number of fused-ring (bicyclic) bond motifs is 8. The molecule has 9 rings (SSSR count). The van der Waals surface area contributed by atoms with Crippen molar-refractivity contribution in [1.29, 1.82) is 0 Å². The fourth-order valence-electron chi connectivity index (χ4n) is 9.01. The second-order valence-corrected chi connectivity index (χ2v) is 16.9. The Morgan fingerprint density at radius 1 is 0.433 bits per heavy atom. The summed E-state index contributed by atoms with van der Waals surface area (Å²) in [4.78, 5) is 22.2. The maximum Gasteiger partial charge on any atom is 2.00 e. The Labute approximate surface area is 404 Å². The van der Waals surface area contributed by atoms with Gasteiger partial charge in [0.1, 0.15) is 26.3 Å². The molecule has 0 aromatic carbocycles. The standard InChI is InChI=1S/C56H60N8O2.Mn/c1-4-7-30-61-32-14-10-18-49(61)53-41-22-23-42(57-41)54(50-19-11-15-33-62(50)31-8-5-2)44-25-28-47(59-44)56(52-21-13-17-35-64(52)37-40-66-39-9-6-3)48-29-27-46(60-48)55(45-26-24-43(53)58-45)51-20-12-16-34-63(51)36-38-65;/h10-29,32-35,65H,4-9,30-31,36-40H2,1-3H3;/q2*+2. The first-order valence-electron chi connectivity index (χ1n) is 23.8. The summed E-state index contributed by atoms with van der Waals surface area (Å²) < 4.78 is 15.1. The predicted octanol–water partition coefficient (Wildman–Crippen LogP) is 9.14. The van der Waals surface area contributed by atoms with Crippen LogP contribution in [0, 0.1) is 0 Å². The van der Waals surface area contributed by atoms with Crippen molar-refractivity contribution >= 4 is 46.4 Å². The maximum absolute atomic E-state index is 10.3. The first-order valence-corrected chi connectivity index (χ1v) is 23.8. The number of hydrogen-bond acceptors (Lipinski definition) is 4. The van der Waals surface area contributed by atoms with E-state index in [0.717, 1.165) is 148 Å². The van der Waals surface area contributed by atoms with E-state index < -0.39 is 0 Å². The van der Waals surface area contributed by atoms with Crippen LogP contribution in [-0.2, 0) is 48.0 Å². The van der Waals surface area contributed by atoms with Gasteiger partial charge in [0.25, 0.3) is 0 Å². The molecular weight excluding hydrogens is 872 g/mol. The van der Waals surface area contributed by atoms with E-state index in [1.165, 1.54) is 0 Å². The van der Waals surface area contributed by atoms with E-state index in [0.29, 0.717) is 19.7 Å². The van der Waals surface area contributed by atoms with Crippen LogP contribution in [0.5, 0.6) is 0 Å². The molecule has 0 saturated heterocycles. The third kappa shape index (κ3) is 10.2. The van der Waals surface area contributed by atoms with E-state index in [2.05, 4.69) is 167 Å². The van der Waals surface area contributed by atoms with Gasteiger partial charge < -0.3 is 19.8 Å². The third-order valence-corrected chi connectivity index (χ3v) is 12.4. The van der Waals surface area contributed by atoms with E-state index in [9.17, 15) is 5.11 Å². The van der Waals surface area contributed by atoms with Crippen LogP contribution >= 0.6 is 0 Å². The summed E-state index contributed by atoms with van der Waals surface area (Å²) in [5.41, 5.74) is 14.2. The summed E-state index contributed by atoms with van der Waals surface area (Å²) in [7, 11) is 0. The number of aromatic nitrogens is 8. The van der Waals surface area contributed by atoms with Crippen LogP contribution in [0.25, 0.3) is 91.4 Å². The van der Waals surface area contributed by atoms with Crippen molar-refractivity contribution in [3.05, 3.63) is 145 Å². The van der Waals surface area contributed by atoms with Gasteiger partial charge in [-0.05, 0) is 55.0 Å². The normalized spacial score (nSPS) is 11.9. The molecule has 2 aliphatic heterocycles. The van der Waals surface area contributed by atoms with E-state index in [4.69, 9.17) is 24.7 Å². The molecule has 7 aromatic rings. The molecule has 1 N–H and O–H groups in total. The second kappa shape index (κ2) is 22.4. The molecule has 0 aliphatic carbocycles. The monoisotopic (exact) mass is 931 g/mol. The number of aliphatic hydroxyl groups is 1. The third-order valence-electron chi connectivity index (χ3n) is 12.4. The van der Waals surface area contributed by atoms with Crippen molar-refractivity contribution in [2.24, 2.45) is 0 Å². The van der Waals surface area contributed by atoms with Crippen LogP contribution in [0.2, 0.25) is 0 Å². The van der Waals surface area contributed by atoms with Gasteiger partial charge in [0.15, 0.2) is 37.9 Å². The van der Waals surface area contributed by atoms with Crippen LogP contribution in [0.4, 0.5) is 0 Å². The summed E-state index contributed by atoms with van der Waals surface area (Å²) in [6, 6.07) is 33.7. The number of rotatable bonds is 18. The molecular formula is C56H60MnN8O2+4. The number of aliphatic hydroxyl groups excluding tert-OH is 1. The molecule has 0 amide bonds. The zero-order valence-corrected chi connectivity index (χ0v) is 40.0. The number of hydrogen-bond donors (Lipinski definition) is 1. The molecule has 7 aromatic heterocycles. The van der Waals surface area contributed by atoms with Crippen LogP contribution in [0.1, 0.15) is 82.1 Å². The van der Waals surface area contributed by atoms with Gasteiger partial charge in [-0.1, -0.05) is 64.3 Å². The Balaban J connectivity index is 0.00000608. The molecule has 8 bridgehead atoms. The molecule has 0 saturated carbocycles. The zero-order chi connectivity index (χ0) is 45.2. The quantitative estimate of drug-likeness (QED) is 0.0524. The molecule has 0 spiro atoms. The molecule has 339 valence electrons. The SMILES string of the molecule is CCCCOCC[n+]1ccccc1-c1c2nc(c(-c3cccc[n+]3CCO)c3ccc([n-]3)c(-c3cccc[n+]3CCCC)c3nc(c(-c4cccc[n+]4CCCC)c4ccc1[n-]4)C=C3)C=C2.[Mn+2]. The smallest absolute Gasteiger partial charge is 0.656 e. The summed E-state index contributed by atoms with van der Waals surface area (Å²) in [5.74, 6) is 0. The number of unbranched alkanes of at least 4 members (excludes halogenated alkanes) is 3. The Bertz CT molecular complexity index is 3080. The molecule has 0 fully saturated rings. The Hall–Kier alpha value is -6.36. The van der Waals surface area contributed by atoms with Crippen molar-refractivity contribution in [2.45, 2.75) is 85.5 Å². The average molecular weight is 932 g/mol. The first kappa shape index (κ1) is 47.1. The topological polar surface area (TPSA) is 99.0 Å². The average Bonchev–Trinajstić information content (AvgIpc) is 4.20. The Morgan fingerprint density at radius 2 is 0.776 bits per heavy atom. The van der Waals surface area contributed by atoms with Gasteiger partial charge in [0, 0.05) is 68.0 Å². The van der Waals surface area contributed by atoms with Crippen molar-refractivity contribution in [2.75, 3.05) is 19.8 Å². The fraction of sp³-hybridized carbons (Fsp3) is 0.286. The van der Waals surface area contributed by atoms with Gasteiger partial charge in [-0.15, -0.1) is 22.1 Å². The van der Waals surface area contributed by atoms with E-state index in [1.807, 2.05) is 18.3 Å². The van der Waals surface area contributed by atoms with Gasteiger partial charge in [0.2, 0.25) is 22.8 Å². The summed E-state index contributed by atoms with van der Waals surface area (Å²) >= 11 is 0. The minimum absolute atomic E-state index is 0. The number of pyridine rings is 4. The summed E-state index contributed by atoms with van der Waals surface area (Å²) in [5, 5.41) is 10.3. The predicted molar refractivity (Wildman–Crippen MR) is 262 cm³/mol. The Kier molecular flexibility index (Phi) is 15.8. The van der Waals surface area contributed by atoms with Crippen molar-refractivity contribution < 1.29 is 45.2 Å². The zero-order valence-electron chi connectivity index (χ0n) is 38.9. The number of aryl methyl sites for hydroxylation is 2. The van der Waals surface area contributed by atoms with Crippen molar-refractivity contribution in [3.8, 4) is 45.0 Å². The number of nitrogens with zero attached hydrogens (tertiary/aromatic N) is 8. The number of ether oxygens (including phenoxy) is 1. The van der Waals surface area contributed by atoms with Gasteiger partial charge in [-0.25, -0.2) is 9.97 Å². The van der Waals surface area contributed by atoms with Crippen LogP contribution in [-0.4, -0.2) is 34.9 Å². The molecule has 0 atom stereocenters. The van der Waals surface area contributed by atoms with Gasteiger partial charge in [-0.3, -0.25) is 0 Å². The molecule has 1 radical (unpaired) electrons. The minimum atomic E-state index is -0.0112. The first-order chi connectivity index (χ1) is 32.6. The van der Waals surface area contributed by atoms with Crippen LogP contribution < -0.4 is 28.2 Å². The summed E-state index contributed by atoms with van der Waals surface area (Å²) in [6.45, 7) is 10.8. The van der Waals surface area contributed by atoms with Crippen LogP contribution in [0.3, 0.4) is 0 Å². The molecule has 67 heavy (non-hydrogen) atoms. The van der Waals surface area contributed by atoms with E-state index in [1.54, 1.807) is 0 Å².